The summed E-state index contributed by atoms with van der Waals surface area (Å²) in [4.78, 5) is 40.7. The fourth-order valence-electron chi connectivity index (χ4n) is 5.11. The first-order valence-electron chi connectivity index (χ1n) is 9.66. The molecule has 27 heavy (non-hydrogen) atoms. The molecular formula is C19H30N2O5S. The number of carbonyl (C=O) groups is 3. The highest BCUT2D eigenvalue weighted by Crippen LogP contribution is 2.68. The summed E-state index contributed by atoms with van der Waals surface area (Å²) in [6.07, 6.45) is 0.782. The van der Waals surface area contributed by atoms with Gasteiger partial charge in [0.15, 0.2) is 0 Å². The lowest BCUT2D eigenvalue weighted by molar-refractivity contribution is -0.154. The van der Waals surface area contributed by atoms with Crippen molar-refractivity contribution in [1.82, 2.24) is 10.2 Å². The summed E-state index contributed by atoms with van der Waals surface area (Å²) in [6, 6.07) is -0.689. The fourth-order valence-corrected chi connectivity index (χ4v) is 7.52. The number of β-amino-alcohol motifs (C(OH)–C–C–N with tert-alkyl or cyclic N) is 1. The van der Waals surface area contributed by atoms with Crippen LogP contribution >= 0.6 is 11.8 Å². The van der Waals surface area contributed by atoms with Crippen LogP contribution in [-0.2, 0) is 19.1 Å². The van der Waals surface area contributed by atoms with Crippen LogP contribution in [-0.4, -0.2) is 69.1 Å². The lowest BCUT2D eigenvalue weighted by Gasteiger charge is -2.39. The summed E-state index contributed by atoms with van der Waals surface area (Å²) in [6.45, 7) is 9.66. The molecule has 1 spiro atoms. The Morgan fingerprint density at radius 3 is 2.63 bits per heavy atom. The van der Waals surface area contributed by atoms with Crippen molar-refractivity contribution in [2.75, 3.05) is 19.8 Å². The van der Waals surface area contributed by atoms with Crippen LogP contribution in [0.3, 0.4) is 0 Å². The van der Waals surface area contributed by atoms with Crippen LogP contribution in [0.2, 0.25) is 0 Å². The minimum absolute atomic E-state index is 0.00536. The maximum Gasteiger partial charge on any atom is 0.310 e. The molecule has 0 aromatic rings. The Hall–Kier alpha value is -1.28. The van der Waals surface area contributed by atoms with Crippen molar-refractivity contribution in [3.63, 3.8) is 0 Å². The van der Waals surface area contributed by atoms with E-state index in [4.69, 9.17) is 4.74 Å². The van der Waals surface area contributed by atoms with Crippen molar-refractivity contribution in [3.05, 3.63) is 0 Å². The topological polar surface area (TPSA) is 95.9 Å². The highest BCUT2D eigenvalue weighted by molar-refractivity contribution is 8.02. The second-order valence-corrected chi connectivity index (χ2v) is 10.3. The number of ether oxygens (including phenoxy) is 1. The number of fused-ring (bicyclic) bond motifs is 1. The number of esters is 1. The maximum absolute atomic E-state index is 13.3. The highest BCUT2D eigenvalue weighted by atomic mass is 32.2. The molecule has 0 saturated carbocycles. The van der Waals surface area contributed by atoms with E-state index in [1.54, 1.807) is 18.7 Å². The maximum atomic E-state index is 13.3. The smallest absolute Gasteiger partial charge is 0.310 e. The van der Waals surface area contributed by atoms with Gasteiger partial charge in [0.25, 0.3) is 0 Å². The van der Waals surface area contributed by atoms with Crippen LogP contribution in [0, 0.1) is 17.8 Å². The van der Waals surface area contributed by atoms with Crippen LogP contribution < -0.4 is 5.32 Å². The first-order chi connectivity index (χ1) is 12.6. The molecule has 0 aromatic carbocycles. The van der Waals surface area contributed by atoms with Crippen LogP contribution in [0.4, 0.5) is 0 Å². The van der Waals surface area contributed by atoms with Gasteiger partial charge in [0.1, 0.15) is 6.04 Å². The Kier molecular flexibility index (Phi) is 5.27. The van der Waals surface area contributed by atoms with Gasteiger partial charge in [-0.2, -0.15) is 0 Å². The van der Waals surface area contributed by atoms with Gasteiger partial charge in [0.2, 0.25) is 11.8 Å². The average Bonchev–Trinajstić information content (AvgIpc) is 3.11. The van der Waals surface area contributed by atoms with E-state index in [1.165, 1.54) is 4.90 Å². The molecule has 152 valence electrons. The summed E-state index contributed by atoms with van der Waals surface area (Å²) < 4.78 is 4.62. The third kappa shape index (κ3) is 3.05. The molecule has 3 aliphatic heterocycles. The van der Waals surface area contributed by atoms with E-state index in [2.05, 4.69) is 12.2 Å². The van der Waals surface area contributed by atoms with Gasteiger partial charge in [-0.3, -0.25) is 14.4 Å². The Morgan fingerprint density at radius 1 is 1.41 bits per heavy atom. The summed E-state index contributed by atoms with van der Waals surface area (Å²) in [7, 11) is 0. The Bertz CT molecular complexity index is 649. The lowest BCUT2D eigenvalue weighted by atomic mass is 9.66. The van der Waals surface area contributed by atoms with Crippen molar-refractivity contribution in [1.29, 1.82) is 0 Å². The van der Waals surface area contributed by atoms with E-state index < -0.39 is 28.2 Å². The largest absolute Gasteiger partial charge is 0.466 e. The Labute approximate surface area is 164 Å². The van der Waals surface area contributed by atoms with Crippen molar-refractivity contribution in [2.24, 2.45) is 17.8 Å². The number of aliphatic hydroxyl groups is 1. The van der Waals surface area contributed by atoms with Gasteiger partial charge < -0.3 is 20.1 Å². The predicted molar refractivity (Wildman–Crippen MR) is 102 cm³/mol. The molecule has 0 aromatic heterocycles. The van der Waals surface area contributed by atoms with Crippen LogP contribution in [0.15, 0.2) is 0 Å². The fraction of sp³-hybridized carbons (Fsp3) is 0.842. The second-order valence-electron chi connectivity index (χ2n) is 8.80. The molecule has 7 nitrogen and oxygen atoms in total. The number of hydrogen-bond donors (Lipinski definition) is 2. The summed E-state index contributed by atoms with van der Waals surface area (Å²) in [5.74, 6) is -1.74. The number of aliphatic hydroxyl groups excluding tert-OH is 1. The van der Waals surface area contributed by atoms with Gasteiger partial charge in [-0.15, -0.1) is 11.8 Å². The van der Waals surface area contributed by atoms with Gasteiger partial charge in [-0.05, 0) is 40.0 Å². The monoisotopic (exact) mass is 398 g/mol. The molecule has 8 heteroatoms. The molecule has 3 heterocycles. The molecular weight excluding hydrogens is 368 g/mol. The van der Waals surface area contributed by atoms with Gasteiger partial charge in [0.05, 0.1) is 29.8 Å². The number of rotatable bonds is 5. The molecule has 0 aliphatic carbocycles. The molecule has 2 amide bonds. The van der Waals surface area contributed by atoms with E-state index in [1.807, 2.05) is 20.8 Å². The third-order valence-corrected chi connectivity index (χ3v) is 7.97. The summed E-state index contributed by atoms with van der Waals surface area (Å²) >= 11 is 1.61. The number of carbonyl (C=O) groups excluding carboxylic acids is 3. The quantitative estimate of drug-likeness (QED) is 0.665. The summed E-state index contributed by atoms with van der Waals surface area (Å²) in [5, 5.41) is 12.5. The van der Waals surface area contributed by atoms with Gasteiger partial charge in [0, 0.05) is 17.3 Å². The number of thioether (sulfide) groups is 1. The van der Waals surface area contributed by atoms with Crippen LogP contribution in [0.1, 0.15) is 41.0 Å². The minimum atomic E-state index is -0.689. The standard InChI is InChI=1S/C19H30N2O5S/c1-6-26-17(25)12-11-9-10(2)19(27-11)13(12)16(24)21(7-8-22)14(19)15(23)20-18(3,4)5/h10-14,22H,6-9H2,1-5H3,(H,20,23)/t10?,11-,12+,13-,14?,19?/m0/s1. The van der Waals surface area contributed by atoms with Gasteiger partial charge in [-0.1, -0.05) is 6.92 Å². The second kappa shape index (κ2) is 6.95. The zero-order valence-corrected chi connectivity index (χ0v) is 17.5. The van der Waals surface area contributed by atoms with E-state index in [9.17, 15) is 19.5 Å². The molecule has 3 aliphatic rings. The van der Waals surface area contributed by atoms with Gasteiger partial charge in [-0.25, -0.2) is 0 Å². The average molecular weight is 399 g/mol. The number of likely N-dealkylation sites (tertiary alicyclic amines) is 1. The molecule has 6 atom stereocenters. The number of nitrogens with zero attached hydrogens (tertiary/aromatic N) is 1. The van der Waals surface area contributed by atoms with E-state index in [-0.39, 0.29) is 48.7 Å². The zero-order valence-electron chi connectivity index (χ0n) is 16.7. The first kappa shape index (κ1) is 20.5. The predicted octanol–water partition coefficient (Wildman–Crippen LogP) is 0.794. The van der Waals surface area contributed by atoms with Crippen LogP contribution in [0.25, 0.3) is 0 Å². The van der Waals surface area contributed by atoms with E-state index in [0.717, 1.165) is 6.42 Å². The Balaban J connectivity index is 2.04. The zero-order chi connectivity index (χ0) is 20.1. The summed E-state index contributed by atoms with van der Waals surface area (Å²) in [5.41, 5.74) is -0.440. The van der Waals surface area contributed by atoms with Crippen molar-refractivity contribution < 1.29 is 24.2 Å². The third-order valence-electron chi connectivity index (χ3n) is 5.89. The number of hydrogen-bond acceptors (Lipinski definition) is 6. The lowest BCUT2D eigenvalue weighted by Crippen LogP contribution is -2.59. The van der Waals surface area contributed by atoms with Crippen molar-refractivity contribution in [2.45, 2.75) is 62.6 Å². The molecule has 0 radical (unpaired) electrons. The molecule has 2 N–H and O–H groups in total. The molecule has 3 rings (SSSR count). The number of nitrogens with one attached hydrogen (secondary N) is 1. The Morgan fingerprint density at radius 2 is 2.07 bits per heavy atom. The highest BCUT2D eigenvalue weighted by Gasteiger charge is 2.76. The van der Waals surface area contributed by atoms with E-state index >= 15 is 0 Å². The minimum Gasteiger partial charge on any atom is -0.466 e. The molecule has 3 fully saturated rings. The van der Waals surface area contributed by atoms with Crippen molar-refractivity contribution >= 4 is 29.5 Å². The van der Waals surface area contributed by atoms with E-state index in [0.29, 0.717) is 0 Å². The first-order valence-corrected chi connectivity index (χ1v) is 10.5. The number of amides is 2. The van der Waals surface area contributed by atoms with Gasteiger partial charge >= 0.3 is 5.97 Å². The normalized spacial score (nSPS) is 37.5. The SMILES string of the molecule is CCOC(=O)[C@@H]1[C@@H]2CC(C)C3(S2)C(C(=O)NC(C)(C)C)N(CCO)C(=O)[C@H]13. The molecule has 3 unspecified atom stereocenters. The van der Waals surface area contributed by atoms with Crippen molar-refractivity contribution in [3.8, 4) is 0 Å². The molecule has 2 bridgehead atoms. The van der Waals surface area contributed by atoms with Crippen LogP contribution in [0.5, 0.6) is 0 Å². The molecule has 3 saturated heterocycles.